The monoisotopic (exact) mass is 280 g/mol. The molecule has 0 bridgehead atoms. The number of carbonyl (C=O) groups excluding carboxylic acids is 1. The van der Waals surface area contributed by atoms with E-state index in [-0.39, 0.29) is 12.5 Å². The summed E-state index contributed by atoms with van der Waals surface area (Å²) >= 11 is 0. The third-order valence-electron chi connectivity index (χ3n) is 2.88. The van der Waals surface area contributed by atoms with Gasteiger partial charge >= 0.3 is 12.0 Å². The molecule has 0 saturated heterocycles. The third kappa shape index (κ3) is 4.24. The van der Waals surface area contributed by atoms with E-state index >= 15 is 0 Å². The molecule has 0 aliphatic carbocycles. The van der Waals surface area contributed by atoms with Crippen LogP contribution in [0.15, 0.2) is 24.3 Å². The number of aliphatic carboxylic acids is 1. The summed E-state index contributed by atoms with van der Waals surface area (Å²) in [4.78, 5) is 22.4. The number of carboxylic acids is 1. The van der Waals surface area contributed by atoms with Crippen molar-refractivity contribution >= 4 is 17.7 Å². The van der Waals surface area contributed by atoms with Gasteiger partial charge in [-0.1, -0.05) is 32.0 Å². The Hall–Kier alpha value is -2.08. The Balaban J connectivity index is 2.66. The van der Waals surface area contributed by atoms with E-state index in [9.17, 15) is 14.7 Å². The average Bonchev–Trinajstić information content (AvgIpc) is 2.36. The van der Waals surface area contributed by atoms with Gasteiger partial charge < -0.3 is 20.8 Å². The molecule has 6 nitrogen and oxygen atoms in total. The highest BCUT2D eigenvalue weighted by molar-refractivity contribution is 5.90. The van der Waals surface area contributed by atoms with Gasteiger partial charge in [-0.25, -0.2) is 9.59 Å². The van der Waals surface area contributed by atoms with Crippen LogP contribution in [0.3, 0.4) is 0 Å². The third-order valence-corrected chi connectivity index (χ3v) is 2.88. The summed E-state index contributed by atoms with van der Waals surface area (Å²) in [7, 11) is 0. The van der Waals surface area contributed by atoms with Crippen LogP contribution in [0.4, 0.5) is 10.5 Å². The molecule has 1 aromatic carbocycles. The predicted octanol–water partition coefficient (Wildman–Crippen LogP) is 1.77. The Morgan fingerprint density at radius 3 is 2.45 bits per heavy atom. The first-order chi connectivity index (χ1) is 9.24. The molecule has 0 saturated carbocycles. The summed E-state index contributed by atoms with van der Waals surface area (Å²) in [6.07, 6.45) is 0. The van der Waals surface area contributed by atoms with E-state index in [1.165, 1.54) is 0 Å². The molecule has 0 aromatic heterocycles. The molecule has 0 spiro atoms. The van der Waals surface area contributed by atoms with Crippen molar-refractivity contribution in [1.82, 2.24) is 5.32 Å². The van der Waals surface area contributed by atoms with Crippen LogP contribution >= 0.6 is 0 Å². The first-order valence-electron chi connectivity index (χ1n) is 6.33. The van der Waals surface area contributed by atoms with E-state index in [4.69, 9.17) is 5.11 Å². The van der Waals surface area contributed by atoms with Crippen LogP contribution in [0, 0.1) is 0 Å². The molecule has 0 radical (unpaired) electrons. The number of hydrogen-bond acceptors (Lipinski definition) is 3. The maximum Gasteiger partial charge on any atom is 0.337 e. The highest BCUT2D eigenvalue weighted by Gasteiger charge is 2.30. The lowest BCUT2D eigenvalue weighted by Gasteiger charge is -2.19. The van der Waals surface area contributed by atoms with Crippen LogP contribution in [0.1, 0.15) is 32.3 Å². The van der Waals surface area contributed by atoms with E-state index in [1.807, 2.05) is 26.0 Å². The topological polar surface area (TPSA) is 98.7 Å². The van der Waals surface area contributed by atoms with Gasteiger partial charge in [0.15, 0.2) is 5.60 Å². The zero-order chi connectivity index (χ0) is 15.3. The van der Waals surface area contributed by atoms with Gasteiger partial charge in [-0.3, -0.25) is 0 Å². The minimum atomic E-state index is -1.99. The van der Waals surface area contributed by atoms with Gasteiger partial charge in [0.1, 0.15) is 0 Å². The number of hydrogen-bond donors (Lipinski definition) is 4. The minimum Gasteiger partial charge on any atom is -0.479 e. The Bertz CT molecular complexity index is 498. The summed E-state index contributed by atoms with van der Waals surface area (Å²) in [5, 5.41) is 23.2. The van der Waals surface area contributed by atoms with Crippen molar-refractivity contribution in [2.75, 3.05) is 11.9 Å². The minimum absolute atomic E-state index is 0.244. The van der Waals surface area contributed by atoms with E-state index in [0.29, 0.717) is 5.69 Å². The lowest BCUT2D eigenvalue weighted by Crippen LogP contribution is -2.47. The maximum absolute atomic E-state index is 11.7. The molecule has 1 aromatic rings. The van der Waals surface area contributed by atoms with Gasteiger partial charge in [-0.2, -0.15) is 0 Å². The van der Waals surface area contributed by atoms with E-state index in [1.54, 1.807) is 12.1 Å². The van der Waals surface area contributed by atoms with Crippen LogP contribution in [0.25, 0.3) is 0 Å². The van der Waals surface area contributed by atoms with Crippen LogP contribution in [0.2, 0.25) is 0 Å². The summed E-state index contributed by atoms with van der Waals surface area (Å²) in [6, 6.07) is 6.81. The fourth-order valence-corrected chi connectivity index (χ4v) is 1.61. The molecule has 2 amide bonds. The molecule has 6 heteroatoms. The Labute approximate surface area is 117 Å². The second-order valence-electron chi connectivity index (χ2n) is 5.13. The predicted molar refractivity (Wildman–Crippen MR) is 75.8 cm³/mol. The number of carbonyl (C=O) groups is 2. The molecule has 1 atom stereocenters. The van der Waals surface area contributed by atoms with Crippen molar-refractivity contribution in [3.8, 4) is 0 Å². The quantitative estimate of drug-likeness (QED) is 0.660. The fourth-order valence-electron chi connectivity index (χ4n) is 1.61. The Morgan fingerprint density at radius 1 is 1.30 bits per heavy atom. The summed E-state index contributed by atoms with van der Waals surface area (Å²) in [6.45, 7) is 4.76. The molecule has 0 fully saturated rings. The van der Waals surface area contributed by atoms with Crippen molar-refractivity contribution in [2.45, 2.75) is 32.3 Å². The first-order valence-corrected chi connectivity index (χ1v) is 6.33. The van der Waals surface area contributed by atoms with Crippen LogP contribution < -0.4 is 10.6 Å². The number of anilines is 1. The number of para-hydroxylation sites is 1. The van der Waals surface area contributed by atoms with Gasteiger partial charge in [0.05, 0.1) is 6.54 Å². The molecular formula is C14H20N2O4. The van der Waals surface area contributed by atoms with Gasteiger partial charge in [0.25, 0.3) is 0 Å². The standard InChI is InChI=1S/C14H20N2O4/c1-9(2)10-6-4-5-7-11(10)16-13(19)15-8-14(3,20)12(17)18/h4-7,9,20H,8H2,1-3H3,(H,17,18)(H2,15,16,19). The van der Waals surface area contributed by atoms with Crippen molar-refractivity contribution in [2.24, 2.45) is 0 Å². The molecule has 0 aliphatic rings. The van der Waals surface area contributed by atoms with Gasteiger partial charge in [0, 0.05) is 5.69 Å². The van der Waals surface area contributed by atoms with Crippen molar-refractivity contribution in [1.29, 1.82) is 0 Å². The first kappa shape index (κ1) is 16.0. The van der Waals surface area contributed by atoms with Gasteiger partial charge in [0.2, 0.25) is 0 Å². The Morgan fingerprint density at radius 2 is 1.90 bits per heavy atom. The van der Waals surface area contributed by atoms with Crippen LogP contribution in [-0.2, 0) is 4.79 Å². The molecule has 0 heterocycles. The maximum atomic E-state index is 11.7. The lowest BCUT2D eigenvalue weighted by atomic mass is 10.0. The molecular weight excluding hydrogens is 260 g/mol. The number of urea groups is 1. The van der Waals surface area contributed by atoms with Crippen molar-refractivity contribution in [3.63, 3.8) is 0 Å². The zero-order valence-electron chi connectivity index (χ0n) is 11.8. The summed E-state index contributed by atoms with van der Waals surface area (Å²) in [5.74, 6) is -1.14. The number of amides is 2. The molecule has 0 aliphatic heterocycles. The second kappa shape index (κ2) is 6.38. The van der Waals surface area contributed by atoms with Gasteiger partial charge in [-0.05, 0) is 24.5 Å². The molecule has 1 unspecified atom stereocenters. The lowest BCUT2D eigenvalue weighted by molar-refractivity contribution is -0.155. The summed E-state index contributed by atoms with van der Waals surface area (Å²) < 4.78 is 0. The van der Waals surface area contributed by atoms with Crippen molar-refractivity contribution in [3.05, 3.63) is 29.8 Å². The molecule has 20 heavy (non-hydrogen) atoms. The van der Waals surface area contributed by atoms with Gasteiger partial charge in [-0.15, -0.1) is 0 Å². The van der Waals surface area contributed by atoms with E-state index in [0.717, 1.165) is 12.5 Å². The fraction of sp³-hybridized carbons (Fsp3) is 0.429. The average molecular weight is 280 g/mol. The number of rotatable bonds is 5. The highest BCUT2D eigenvalue weighted by atomic mass is 16.4. The Kier molecular flexibility index (Phi) is 5.10. The summed E-state index contributed by atoms with van der Waals surface area (Å²) in [5.41, 5.74) is -0.350. The SMILES string of the molecule is CC(C)c1ccccc1NC(=O)NCC(C)(O)C(=O)O. The second-order valence-corrected chi connectivity index (χ2v) is 5.13. The van der Waals surface area contributed by atoms with E-state index in [2.05, 4.69) is 10.6 Å². The smallest absolute Gasteiger partial charge is 0.337 e. The van der Waals surface area contributed by atoms with Crippen LogP contribution in [0.5, 0.6) is 0 Å². The number of nitrogens with one attached hydrogen (secondary N) is 2. The number of carboxylic acid groups (broad SMARTS) is 1. The zero-order valence-corrected chi connectivity index (χ0v) is 11.8. The normalized spacial score (nSPS) is 13.7. The highest BCUT2D eigenvalue weighted by Crippen LogP contribution is 2.23. The van der Waals surface area contributed by atoms with E-state index < -0.39 is 17.6 Å². The number of benzene rings is 1. The largest absolute Gasteiger partial charge is 0.479 e. The molecule has 4 N–H and O–H groups in total. The molecule has 1 rings (SSSR count). The number of aliphatic hydroxyl groups is 1. The van der Waals surface area contributed by atoms with Crippen molar-refractivity contribution < 1.29 is 19.8 Å². The van der Waals surface area contributed by atoms with Crippen LogP contribution in [-0.4, -0.2) is 34.4 Å². The molecule has 110 valence electrons.